The fourth-order valence-corrected chi connectivity index (χ4v) is 6.55. The molecule has 3 nitrogen and oxygen atoms in total. The molecule has 3 heteroatoms. The van der Waals surface area contributed by atoms with E-state index in [1.807, 2.05) is 36.4 Å². The van der Waals surface area contributed by atoms with Gasteiger partial charge in [0.25, 0.3) is 0 Å². The van der Waals surface area contributed by atoms with Crippen molar-refractivity contribution in [1.82, 2.24) is 0 Å². The molecule has 2 fully saturated rings. The number of hydrogen-bond donors (Lipinski definition) is 3. The molecule has 3 aromatic rings. The first kappa shape index (κ1) is 22.8. The predicted octanol–water partition coefficient (Wildman–Crippen LogP) is 8.08. The van der Waals surface area contributed by atoms with Crippen molar-refractivity contribution in [2.45, 2.75) is 82.0 Å². The third kappa shape index (κ3) is 4.53. The van der Waals surface area contributed by atoms with E-state index in [-0.39, 0.29) is 11.7 Å². The molecule has 0 radical (unpaired) electrons. The summed E-state index contributed by atoms with van der Waals surface area (Å²) in [5.74, 6) is 1.48. The lowest BCUT2D eigenvalue weighted by atomic mass is 9.72. The van der Waals surface area contributed by atoms with Crippen LogP contribution in [0.4, 0.5) is 0 Å². The van der Waals surface area contributed by atoms with Crippen molar-refractivity contribution in [3.05, 3.63) is 88.5 Å². The Balaban J connectivity index is 1.73. The molecule has 0 heterocycles. The first-order valence-electron chi connectivity index (χ1n) is 13.1. The van der Waals surface area contributed by atoms with Crippen molar-refractivity contribution in [1.29, 1.82) is 0 Å². The van der Waals surface area contributed by atoms with Gasteiger partial charge in [0, 0.05) is 17.0 Å². The Labute approximate surface area is 203 Å². The Morgan fingerprint density at radius 1 is 0.559 bits per heavy atom. The largest absolute Gasteiger partial charge is 0.508 e. The minimum atomic E-state index is -0.167. The van der Waals surface area contributed by atoms with E-state index in [1.165, 1.54) is 38.5 Å². The van der Waals surface area contributed by atoms with Crippen LogP contribution in [0.25, 0.3) is 0 Å². The molecular formula is C31H36O3. The lowest BCUT2D eigenvalue weighted by Gasteiger charge is -2.32. The zero-order valence-corrected chi connectivity index (χ0v) is 19.9. The summed E-state index contributed by atoms with van der Waals surface area (Å²) in [5, 5.41) is 32.6. The zero-order chi connectivity index (χ0) is 23.5. The van der Waals surface area contributed by atoms with Crippen molar-refractivity contribution >= 4 is 0 Å². The van der Waals surface area contributed by atoms with Crippen molar-refractivity contribution in [2.24, 2.45) is 0 Å². The van der Waals surface area contributed by atoms with Crippen molar-refractivity contribution in [3.8, 4) is 17.2 Å². The van der Waals surface area contributed by atoms with E-state index in [4.69, 9.17) is 0 Å². The third-order valence-corrected chi connectivity index (χ3v) is 8.09. The van der Waals surface area contributed by atoms with E-state index < -0.39 is 0 Å². The molecule has 0 amide bonds. The Bertz CT molecular complexity index is 1060. The topological polar surface area (TPSA) is 60.7 Å². The third-order valence-electron chi connectivity index (χ3n) is 8.09. The van der Waals surface area contributed by atoms with Gasteiger partial charge in [-0.3, -0.25) is 0 Å². The van der Waals surface area contributed by atoms with Gasteiger partial charge in [-0.2, -0.15) is 0 Å². The summed E-state index contributed by atoms with van der Waals surface area (Å²) < 4.78 is 0. The molecule has 2 saturated carbocycles. The van der Waals surface area contributed by atoms with Crippen molar-refractivity contribution in [3.63, 3.8) is 0 Å². The normalized spacial score (nSPS) is 17.8. The average Bonchev–Trinajstić information content (AvgIpc) is 2.86. The molecule has 34 heavy (non-hydrogen) atoms. The van der Waals surface area contributed by atoms with Gasteiger partial charge in [0.05, 0.1) is 0 Å². The second-order valence-electron chi connectivity index (χ2n) is 10.3. The fraction of sp³-hybridized carbons (Fsp3) is 0.419. The van der Waals surface area contributed by atoms with Gasteiger partial charge < -0.3 is 15.3 Å². The van der Waals surface area contributed by atoms with Crippen molar-refractivity contribution in [2.75, 3.05) is 0 Å². The number of hydrogen-bond acceptors (Lipinski definition) is 3. The molecule has 5 rings (SSSR count). The second kappa shape index (κ2) is 10.1. The fourth-order valence-electron chi connectivity index (χ4n) is 6.55. The summed E-state index contributed by atoms with van der Waals surface area (Å²) in [6.45, 7) is 0. The monoisotopic (exact) mass is 456 g/mol. The Morgan fingerprint density at radius 2 is 1.03 bits per heavy atom. The zero-order valence-electron chi connectivity index (χ0n) is 19.9. The van der Waals surface area contributed by atoms with Crippen LogP contribution in [0.5, 0.6) is 17.2 Å². The van der Waals surface area contributed by atoms with Crippen LogP contribution < -0.4 is 0 Å². The SMILES string of the molecule is Oc1cccc(C(c2cccc(O)c2C2CCCCC2)c2cccc(O)c2C2CCCCC2)c1. The van der Waals surface area contributed by atoms with Crippen LogP contribution in [0.2, 0.25) is 0 Å². The number of phenolic OH excluding ortho intramolecular Hbond substituents is 3. The molecule has 0 saturated heterocycles. The van der Waals surface area contributed by atoms with Gasteiger partial charge in [-0.15, -0.1) is 0 Å². The molecule has 0 atom stereocenters. The van der Waals surface area contributed by atoms with Gasteiger partial charge >= 0.3 is 0 Å². The highest BCUT2D eigenvalue weighted by Gasteiger charge is 2.31. The highest BCUT2D eigenvalue weighted by Crippen LogP contribution is 2.49. The molecule has 0 bridgehead atoms. The molecule has 178 valence electrons. The van der Waals surface area contributed by atoms with Crippen LogP contribution >= 0.6 is 0 Å². The van der Waals surface area contributed by atoms with Crippen molar-refractivity contribution < 1.29 is 15.3 Å². The second-order valence-corrected chi connectivity index (χ2v) is 10.3. The average molecular weight is 457 g/mol. The van der Waals surface area contributed by atoms with Gasteiger partial charge in [-0.25, -0.2) is 0 Å². The molecule has 0 spiro atoms. The van der Waals surface area contributed by atoms with Crippen LogP contribution in [-0.4, -0.2) is 15.3 Å². The molecule has 0 aliphatic heterocycles. The van der Waals surface area contributed by atoms with Crippen LogP contribution in [0.15, 0.2) is 60.7 Å². The van der Waals surface area contributed by atoms with Gasteiger partial charge in [0.15, 0.2) is 0 Å². The molecule has 0 unspecified atom stereocenters. The Morgan fingerprint density at radius 3 is 1.50 bits per heavy atom. The van der Waals surface area contributed by atoms with Gasteiger partial charge in [-0.05, 0) is 78.5 Å². The van der Waals surface area contributed by atoms with E-state index in [9.17, 15) is 15.3 Å². The number of aromatic hydroxyl groups is 3. The quantitative estimate of drug-likeness (QED) is 0.340. The standard InChI is InChI=1S/C31H36O3/c32-24-15-7-14-23(20-24)29(25-16-8-18-27(33)30(25)21-10-3-1-4-11-21)26-17-9-19-28(34)31(26)22-12-5-2-6-13-22/h7-9,14-22,29,32-34H,1-6,10-13H2. The van der Waals surface area contributed by atoms with E-state index >= 15 is 0 Å². The molecular weight excluding hydrogens is 420 g/mol. The smallest absolute Gasteiger partial charge is 0.119 e. The van der Waals surface area contributed by atoms with Crippen LogP contribution in [0.1, 0.15) is 110 Å². The first-order chi connectivity index (χ1) is 16.6. The maximum Gasteiger partial charge on any atom is 0.119 e. The van der Waals surface area contributed by atoms with Gasteiger partial charge in [-0.1, -0.05) is 74.9 Å². The number of benzene rings is 3. The van der Waals surface area contributed by atoms with Crippen LogP contribution in [0, 0.1) is 0 Å². The summed E-state index contributed by atoms with van der Waals surface area (Å²) in [6.07, 6.45) is 11.6. The summed E-state index contributed by atoms with van der Waals surface area (Å²) in [4.78, 5) is 0. The molecule has 3 N–H and O–H groups in total. The number of phenols is 3. The Hall–Kier alpha value is -2.94. The molecule has 2 aliphatic carbocycles. The van der Waals surface area contributed by atoms with E-state index in [0.29, 0.717) is 23.3 Å². The maximum absolute atomic E-state index is 11.1. The number of rotatable bonds is 5. The van der Waals surface area contributed by atoms with E-state index in [0.717, 1.165) is 53.5 Å². The molecule has 3 aromatic carbocycles. The maximum atomic E-state index is 11.1. The minimum Gasteiger partial charge on any atom is -0.508 e. The van der Waals surface area contributed by atoms with Gasteiger partial charge in [0.1, 0.15) is 17.2 Å². The lowest BCUT2D eigenvalue weighted by molar-refractivity contribution is 0.408. The molecule has 0 aromatic heterocycles. The summed E-state index contributed by atoms with van der Waals surface area (Å²) in [5.41, 5.74) is 5.28. The molecule has 2 aliphatic rings. The van der Waals surface area contributed by atoms with E-state index in [1.54, 1.807) is 6.07 Å². The van der Waals surface area contributed by atoms with Crippen LogP contribution in [0.3, 0.4) is 0 Å². The minimum absolute atomic E-state index is 0.167. The summed E-state index contributed by atoms with van der Waals surface area (Å²) in [7, 11) is 0. The van der Waals surface area contributed by atoms with Gasteiger partial charge in [0.2, 0.25) is 0 Å². The summed E-state index contributed by atoms with van der Waals surface area (Å²) >= 11 is 0. The van der Waals surface area contributed by atoms with E-state index in [2.05, 4.69) is 18.2 Å². The lowest BCUT2D eigenvalue weighted by Crippen LogP contribution is -2.15. The highest BCUT2D eigenvalue weighted by molar-refractivity contribution is 5.57. The summed E-state index contributed by atoms with van der Waals surface area (Å²) in [6, 6.07) is 19.3. The highest BCUT2D eigenvalue weighted by atomic mass is 16.3. The van der Waals surface area contributed by atoms with Crippen LogP contribution in [-0.2, 0) is 0 Å². The first-order valence-corrected chi connectivity index (χ1v) is 13.1. The predicted molar refractivity (Wildman–Crippen MR) is 137 cm³/mol. The Kier molecular flexibility index (Phi) is 6.80.